The van der Waals surface area contributed by atoms with Crippen molar-refractivity contribution in [3.63, 3.8) is 0 Å². The van der Waals surface area contributed by atoms with Crippen molar-refractivity contribution in [2.45, 2.75) is 73.1 Å². The van der Waals surface area contributed by atoms with E-state index in [1.165, 1.54) is 38.5 Å². The molecule has 140 valence electrons. The van der Waals surface area contributed by atoms with Crippen molar-refractivity contribution >= 4 is 37.1 Å². The van der Waals surface area contributed by atoms with E-state index in [1.54, 1.807) is 0 Å². The Kier molecular flexibility index (Phi) is 28.2. The molecule has 0 aliphatic carbocycles. The summed E-state index contributed by atoms with van der Waals surface area (Å²) in [7, 11) is 0. The van der Waals surface area contributed by atoms with Crippen molar-refractivity contribution in [2.24, 2.45) is 5.92 Å². The van der Waals surface area contributed by atoms with Gasteiger partial charge in [0.15, 0.2) is 0 Å². The second kappa shape index (κ2) is 20.1. The summed E-state index contributed by atoms with van der Waals surface area (Å²) in [6.07, 6.45) is 8.17. The van der Waals surface area contributed by atoms with Gasteiger partial charge in [-0.3, -0.25) is 0 Å². The predicted octanol–water partition coefficient (Wildman–Crippen LogP) is 3.40. The number of hydrogen-bond acceptors (Lipinski definition) is 2. The molecule has 0 aromatic carbocycles. The van der Waals surface area contributed by atoms with Crippen LogP contribution in [0.3, 0.4) is 0 Å². The van der Waals surface area contributed by atoms with Crippen molar-refractivity contribution in [2.75, 3.05) is 0 Å². The minimum absolute atomic E-state index is 0.954. The molecular formula is C12H34O6P2S2. The second-order valence-electron chi connectivity index (χ2n) is 4.68. The van der Waals surface area contributed by atoms with E-state index in [2.05, 4.69) is 58.2 Å². The summed E-state index contributed by atoms with van der Waals surface area (Å²) in [4.78, 5) is 45.3. The first kappa shape index (κ1) is 30.9. The van der Waals surface area contributed by atoms with Crippen LogP contribution in [-0.4, -0.2) is 29.4 Å². The van der Waals surface area contributed by atoms with Crippen LogP contribution in [0, 0.1) is 5.92 Å². The lowest BCUT2D eigenvalue weighted by Gasteiger charge is -2.04. The molecule has 0 aromatic heterocycles. The molecule has 0 radical (unpaired) electrons. The molecule has 0 bridgehead atoms. The highest BCUT2D eigenvalue weighted by atomic mass is 32.5. The van der Waals surface area contributed by atoms with Crippen molar-refractivity contribution < 1.29 is 29.4 Å². The van der Waals surface area contributed by atoms with Crippen molar-refractivity contribution in [3.05, 3.63) is 0 Å². The van der Waals surface area contributed by atoms with E-state index in [4.69, 9.17) is 29.4 Å². The molecule has 22 heavy (non-hydrogen) atoms. The van der Waals surface area contributed by atoms with E-state index in [0.717, 1.165) is 5.92 Å². The van der Waals surface area contributed by atoms with Crippen LogP contribution in [-0.2, 0) is 23.6 Å². The first-order valence-electron chi connectivity index (χ1n) is 7.29. The molecule has 0 heterocycles. The standard InChI is InChI=1S/C8H18.C4H10.2H3O3PS/c1-4-6-7-8(3)5-2;1-3-4-2;2*1-4(2,3)5/h8H,4-7H2,1-3H3;3-4H2,1-2H3;2*(H3,1,2,3,5). The van der Waals surface area contributed by atoms with E-state index in [0.29, 0.717) is 0 Å². The molecule has 0 amide bonds. The van der Waals surface area contributed by atoms with Crippen LogP contribution in [0.1, 0.15) is 73.1 Å². The van der Waals surface area contributed by atoms with Gasteiger partial charge < -0.3 is 29.4 Å². The lowest BCUT2D eigenvalue weighted by molar-refractivity contribution is 0.361. The molecule has 0 aliphatic heterocycles. The van der Waals surface area contributed by atoms with E-state index >= 15 is 0 Å². The Labute approximate surface area is 145 Å². The Balaban J connectivity index is -0.000000102. The lowest BCUT2D eigenvalue weighted by Crippen LogP contribution is -1.89. The van der Waals surface area contributed by atoms with Crippen molar-refractivity contribution in [1.82, 2.24) is 0 Å². The monoisotopic (exact) mass is 400 g/mol. The van der Waals surface area contributed by atoms with Gasteiger partial charge in [-0.25, -0.2) is 0 Å². The third-order valence-electron chi connectivity index (χ3n) is 2.25. The Morgan fingerprint density at radius 2 is 1.00 bits per heavy atom. The second-order valence-corrected chi connectivity index (χ2v) is 9.67. The van der Waals surface area contributed by atoms with Crippen LogP contribution in [0.2, 0.25) is 0 Å². The highest BCUT2D eigenvalue weighted by molar-refractivity contribution is 8.06. The van der Waals surface area contributed by atoms with Crippen molar-refractivity contribution in [1.29, 1.82) is 0 Å². The first-order chi connectivity index (χ1) is 9.72. The molecule has 6 nitrogen and oxygen atoms in total. The van der Waals surface area contributed by atoms with E-state index in [1.807, 2.05) is 0 Å². The Morgan fingerprint density at radius 1 is 0.727 bits per heavy atom. The van der Waals surface area contributed by atoms with Gasteiger partial charge in [0.25, 0.3) is 0 Å². The van der Waals surface area contributed by atoms with Crippen molar-refractivity contribution in [3.8, 4) is 0 Å². The van der Waals surface area contributed by atoms with Crippen LogP contribution in [0.15, 0.2) is 0 Å². The lowest BCUT2D eigenvalue weighted by atomic mass is 10.0. The SMILES string of the molecule is CCCC.CCCCC(C)CC.OP(O)(O)=S.OP(O)(O)=S. The first-order valence-corrected chi connectivity index (χ1v) is 12.6. The molecule has 10 heteroatoms. The Bertz CT molecular complexity index is 255. The van der Waals surface area contributed by atoms with Gasteiger partial charge in [0.2, 0.25) is 0 Å². The topological polar surface area (TPSA) is 121 Å². The summed E-state index contributed by atoms with van der Waals surface area (Å²) in [5.74, 6) is 0.954. The molecule has 0 spiro atoms. The van der Waals surface area contributed by atoms with Crippen LogP contribution in [0.5, 0.6) is 0 Å². The summed E-state index contributed by atoms with van der Waals surface area (Å²) < 4.78 is 0. The fourth-order valence-corrected chi connectivity index (χ4v) is 0.757. The zero-order valence-electron chi connectivity index (χ0n) is 14.2. The average molecular weight is 400 g/mol. The van der Waals surface area contributed by atoms with E-state index < -0.39 is 13.4 Å². The molecular weight excluding hydrogens is 366 g/mol. The zero-order valence-corrected chi connectivity index (χ0v) is 17.6. The maximum atomic E-state index is 7.56. The molecule has 0 saturated heterocycles. The van der Waals surface area contributed by atoms with Crippen LogP contribution < -0.4 is 0 Å². The van der Waals surface area contributed by atoms with Crippen LogP contribution in [0.25, 0.3) is 0 Å². The number of unbranched alkanes of at least 4 members (excludes halogenated alkanes) is 2. The highest BCUT2D eigenvalue weighted by Gasteiger charge is 1.94. The predicted molar refractivity (Wildman–Crippen MR) is 101 cm³/mol. The van der Waals surface area contributed by atoms with Gasteiger partial charge in [0.1, 0.15) is 0 Å². The molecule has 0 fully saturated rings. The quantitative estimate of drug-likeness (QED) is 0.388. The average Bonchev–Trinajstić information content (AvgIpc) is 2.32. The van der Waals surface area contributed by atoms with Gasteiger partial charge in [-0.1, -0.05) is 73.1 Å². The summed E-state index contributed by atoms with van der Waals surface area (Å²) in [6, 6.07) is 0. The summed E-state index contributed by atoms with van der Waals surface area (Å²) in [6.45, 7) is 3.60. The van der Waals surface area contributed by atoms with Gasteiger partial charge in [-0.15, -0.1) is 0 Å². The maximum Gasteiger partial charge on any atom is 0.319 e. The summed E-state index contributed by atoms with van der Waals surface area (Å²) in [5, 5.41) is 0. The van der Waals surface area contributed by atoms with Gasteiger partial charge in [-0.05, 0) is 29.5 Å². The van der Waals surface area contributed by atoms with Crippen LogP contribution >= 0.6 is 13.4 Å². The molecule has 1 atom stereocenters. The largest absolute Gasteiger partial charge is 0.325 e. The maximum absolute atomic E-state index is 7.56. The fourth-order valence-electron chi connectivity index (χ4n) is 0.757. The third kappa shape index (κ3) is 130. The highest BCUT2D eigenvalue weighted by Crippen LogP contribution is 2.26. The minimum Gasteiger partial charge on any atom is -0.325 e. The summed E-state index contributed by atoms with van der Waals surface area (Å²) in [5.41, 5.74) is 0. The van der Waals surface area contributed by atoms with E-state index in [9.17, 15) is 0 Å². The van der Waals surface area contributed by atoms with Gasteiger partial charge >= 0.3 is 13.4 Å². The van der Waals surface area contributed by atoms with Gasteiger partial charge in [-0.2, -0.15) is 0 Å². The Morgan fingerprint density at radius 3 is 1.14 bits per heavy atom. The number of rotatable bonds is 5. The molecule has 0 rings (SSSR count). The molecule has 0 aromatic rings. The van der Waals surface area contributed by atoms with Gasteiger partial charge in [0.05, 0.1) is 0 Å². The zero-order chi connectivity index (χ0) is 18.8. The van der Waals surface area contributed by atoms with E-state index in [-0.39, 0.29) is 0 Å². The molecule has 6 N–H and O–H groups in total. The molecule has 1 unspecified atom stereocenters. The van der Waals surface area contributed by atoms with Crippen LogP contribution in [0.4, 0.5) is 0 Å². The smallest absolute Gasteiger partial charge is 0.319 e. The number of hydrogen-bond donors (Lipinski definition) is 6. The van der Waals surface area contributed by atoms with Gasteiger partial charge in [0, 0.05) is 0 Å². The summed E-state index contributed by atoms with van der Waals surface area (Å²) >= 11 is 7.21. The Hall–Kier alpha value is 1.06. The minimum atomic E-state index is -3.81. The normalized spacial score (nSPS) is 11.8. The molecule has 0 saturated carbocycles. The molecule has 0 aliphatic rings. The fraction of sp³-hybridized carbons (Fsp3) is 1.00. The third-order valence-corrected chi connectivity index (χ3v) is 2.25.